The molecule has 0 aliphatic carbocycles. The van der Waals surface area contributed by atoms with E-state index in [9.17, 15) is 63.3 Å². The van der Waals surface area contributed by atoms with Gasteiger partial charge in [-0.2, -0.15) is 0 Å². The second-order valence-electron chi connectivity index (χ2n) is 17.7. The minimum Gasteiger partial charge on any atom is -0.481 e. The van der Waals surface area contributed by atoms with E-state index < -0.39 is 139 Å². The number of benzene rings is 1. The molecule has 0 radical (unpaired) electrons. The molecule has 10 atom stereocenters. The average molecular weight is 968 g/mol. The number of likely N-dealkylation sites (N-methyl/N-ethyl adjacent to an activating group) is 1. The van der Waals surface area contributed by atoms with Crippen LogP contribution in [0.4, 0.5) is 0 Å². The van der Waals surface area contributed by atoms with Gasteiger partial charge >= 0.3 is 17.9 Å². The van der Waals surface area contributed by atoms with E-state index in [4.69, 9.17) is 4.74 Å². The topological polar surface area (TPSA) is 316 Å². The van der Waals surface area contributed by atoms with Gasteiger partial charge in [-0.3, -0.25) is 38.4 Å². The van der Waals surface area contributed by atoms with Gasteiger partial charge in [-0.15, -0.1) is 0 Å². The Hall–Kier alpha value is -6.90. The number of carbonyl (C=O) groups is 10. The van der Waals surface area contributed by atoms with Crippen molar-refractivity contribution in [3.05, 3.63) is 72.0 Å². The van der Waals surface area contributed by atoms with Crippen LogP contribution in [-0.2, 0) is 59.1 Å². The summed E-state index contributed by atoms with van der Waals surface area (Å²) < 4.78 is 5.78. The van der Waals surface area contributed by atoms with Crippen LogP contribution in [-0.4, -0.2) is 136 Å². The highest BCUT2D eigenvalue weighted by atomic mass is 16.5. The second-order valence-corrected chi connectivity index (χ2v) is 17.7. The number of rotatable bonds is 14. The van der Waals surface area contributed by atoms with Crippen LogP contribution >= 0.6 is 0 Å². The fourth-order valence-corrected chi connectivity index (χ4v) is 7.22. The summed E-state index contributed by atoms with van der Waals surface area (Å²) in [6.07, 6.45) is 3.17. The van der Waals surface area contributed by atoms with Crippen molar-refractivity contribution in [1.29, 1.82) is 0 Å². The van der Waals surface area contributed by atoms with Crippen molar-refractivity contribution < 1.29 is 68.0 Å². The van der Waals surface area contributed by atoms with Gasteiger partial charge in [0, 0.05) is 32.9 Å². The van der Waals surface area contributed by atoms with Crippen LogP contribution < -0.4 is 31.9 Å². The number of aliphatic carboxylic acids is 3. The first-order valence-corrected chi connectivity index (χ1v) is 22.7. The average Bonchev–Trinajstić information content (AvgIpc) is 3.28. The molecule has 1 saturated heterocycles. The molecule has 10 unspecified atom stereocenters. The third-order valence-electron chi connectivity index (χ3n) is 11.7. The number of nitrogens with one attached hydrogen (secondary N) is 6. The zero-order valence-electron chi connectivity index (χ0n) is 40.7. The van der Waals surface area contributed by atoms with Gasteiger partial charge in [0.2, 0.25) is 35.4 Å². The molecule has 2 rings (SSSR count). The fourth-order valence-electron chi connectivity index (χ4n) is 7.22. The van der Waals surface area contributed by atoms with Crippen LogP contribution in [0.15, 0.2) is 66.4 Å². The van der Waals surface area contributed by atoms with Crippen molar-refractivity contribution >= 4 is 59.3 Å². The van der Waals surface area contributed by atoms with Gasteiger partial charge in [-0.05, 0) is 51.0 Å². The van der Waals surface area contributed by atoms with E-state index in [2.05, 4.69) is 38.5 Å². The number of hydrogen-bond acceptors (Lipinski definition) is 11. The highest BCUT2D eigenvalue weighted by molar-refractivity contribution is 6.00. The van der Waals surface area contributed by atoms with Gasteiger partial charge in [0.25, 0.3) is 5.91 Å². The number of hydrogen-bond donors (Lipinski definition) is 9. The van der Waals surface area contributed by atoms with E-state index in [0.29, 0.717) is 12.0 Å². The molecule has 1 heterocycles. The van der Waals surface area contributed by atoms with Crippen molar-refractivity contribution in [3.8, 4) is 0 Å². The molecule has 7 amide bonds. The van der Waals surface area contributed by atoms with E-state index >= 15 is 0 Å². The normalized spacial score (nSPS) is 25.8. The second kappa shape index (κ2) is 27.8. The molecular formula is C48H69N7O14. The standard InChI is InChI=1S/C48H69N7O14/c1-25(2)22-36-46(64)54-40(48(67)68)29(6)42(60)51-34(19-21-39(57)58)45(63)50-33(17-16-26(3)23-27(4)37(69-10)24-32-14-12-11-13-15-32)28(5)41(59)52-35(47(65)66)18-20-38(56)55(9)31(8)44(62)49-30(7)43(61)53-36/h11-17,23,25,27-30,33-37,40H,8,18-22,24H2,1-7,9-10H3,(H,49,62)(H,50,63)(H,51,60)(H,52,59)(H,53,61)(H,54,64)(H,57,58)(H,65,66)(H,67,68). The molecule has 21 heteroatoms. The fraction of sp³-hybridized carbons (Fsp3) is 0.542. The molecule has 380 valence electrons. The Morgan fingerprint density at radius 2 is 1.39 bits per heavy atom. The van der Waals surface area contributed by atoms with Crippen LogP contribution in [0.25, 0.3) is 0 Å². The monoisotopic (exact) mass is 967 g/mol. The summed E-state index contributed by atoms with van der Waals surface area (Å²) in [4.78, 5) is 133. The van der Waals surface area contributed by atoms with Crippen molar-refractivity contribution in [1.82, 2.24) is 36.8 Å². The molecule has 0 saturated carbocycles. The van der Waals surface area contributed by atoms with Crippen molar-refractivity contribution in [2.45, 2.75) is 129 Å². The Kier molecular flexibility index (Phi) is 23.5. The lowest BCUT2D eigenvalue weighted by atomic mass is 9.94. The van der Waals surface area contributed by atoms with Gasteiger partial charge in [-0.1, -0.05) is 95.3 Å². The van der Waals surface area contributed by atoms with Crippen molar-refractivity contribution in [3.63, 3.8) is 0 Å². The van der Waals surface area contributed by atoms with Crippen LogP contribution in [0.2, 0.25) is 0 Å². The quantitative estimate of drug-likeness (QED) is 0.0942. The number of allylic oxidation sites excluding steroid dienone is 2. The summed E-state index contributed by atoms with van der Waals surface area (Å²) in [5, 5.41) is 44.4. The summed E-state index contributed by atoms with van der Waals surface area (Å²) in [5.74, 6) is -14.4. The third-order valence-corrected chi connectivity index (χ3v) is 11.7. The molecule has 1 aromatic rings. The lowest BCUT2D eigenvalue weighted by Gasteiger charge is -2.28. The molecule has 1 aliphatic rings. The van der Waals surface area contributed by atoms with Gasteiger partial charge in [0.15, 0.2) is 0 Å². The number of amides is 7. The van der Waals surface area contributed by atoms with E-state index in [0.717, 1.165) is 17.4 Å². The Bertz CT molecular complexity index is 2110. The third kappa shape index (κ3) is 19.0. The van der Waals surface area contributed by atoms with E-state index in [1.165, 1.54) is 27.0 Å². The van der Waals surface area contributed by atoms with Crippen LogP contribution in [0.1, 0.15) is 86.1 Å². The maximum absolute atomic E-state index is 14.1. The molecule has 9 N–H and O–H groups in total. The summed E-state index contributed by atoms with van der Waals surface area (Å²) >= 11 is 0. The highest BCUT2D eigenvalue weighted by Crippen LogP contribution is 2.19. The zero-order chi connectivity index (χ0) is 52.3. The number of carboxylic acids is 3. The van der Waals surface area contributed by atoms with Gasteiger partial charge in [0.1, 0.15) is 35.9 Å². The summed E-state index contributed by atoms with van der Waals surface area (Å²) in [6, 6.07) is 0.447. The Morgan fingerprint density at radius 3 is 1.96 bits per heavy atom. The Balaban J connectivity index is 2.70. The number of carboxylic acid groups (broad SMARTS) is 3. The lowest BCUT2D eigenvalue weighted by Crippen LogP contribution is -2.59. The minimum absolute atomic E-state index is 0.0223. The molecule has 69 heavy (non-hydrogen) atoms. The molecule has 0 aromatic heterocycles. The zero-order valence-corrected chi connectivity index (χ0v) is 40.7. The molecule has 1 fully saturated rings. The predicted octanol–water partition coefficient (Wildman–Crippen LogP) is 1.43. The van der Waals surface area contributed by atoms with Crippen LogP contribution in [0.5, 0.6) is 0 Å². The van der Waals surface area contributed by atoms with Gasteiger partial charge in [0.05, 0.1) is 24.0 Å². The first-order valence-electron chi connectivity index (χ1n) is 22.7. The molecular weight excluding hydrogens is 899 g/mol. The number of ether oxygens (including phenoxy) is 1. The summed E-state index contributed by atoms with van der Waals surface area (Å²) in [5.41, 5.74) is 1.28. The summed E-state index contributed by atoms with van der Waals surface area (Å²) in [6.45, 7) is 14.6. The first kappa shape index (κ1) is 58.2. The lowest BCUT2D eigenvalue weighted by molar-refractivity contribution is -0.146. The van der Waals surface area contributed by atoms with E-state index in [1.54, 1.807) is 34.0 Å². The Morgan fingerprint density at radius 1 is 0.797 bits per heavy atom. The number of methoxy groups -OCH3 is 1. The largest absolute Gasteiger partial charge is 0.481 e. The van der Waals surface area contributed by atoms with E-state index in [-0.39, 0.29) is 24.4 Å². The SMILES string of the molecule is C=C1C(=O)NC(C)C(=O)NC(CC(C)C)C(=O)NC(C(=O)O)C(C)C(=O)NC(CCC(=O)O)C(=O)NC(C=CC(C)=CC(C)C(Cc2ccccc2)OC)C(C)C(=O)NC(C(=O)O)CCC(=O)N1C. The number of carbonyl (C=O) groups excluding carboxylic acids is 7. The van der Waals surface area contributed by atoms with E-state index in [1.807, 2.05) is 43.3 Å². The maximum atomic E-state index is 14.1. The molecule has 21 nitrogen and oxygen atoms in total. The smallest absolute Gasteiger partial charge is 0.327 e. The molecule has 1 aliphatic heterocycles. The molecule has 0 spiro atoms. The van der Waals surface area contributed by atoms with Crippen LogP contribution in [0, 0.1) is 23.7 Å². The number of nitrogens with zero attached hydrogens (tertiary/aromatic N) is 1. The maximum Gasteiger partial charge on any atom is 0.327 e. The molecule has 1 aromatic carbocycles. The van der Waals surface area contributed by atoms with Crippen LogP contribution in [0.3, 0.4) is 0 Å². The summed E-state index contributed by atoms with van der Waals surface area (Å²) in [7, 11) is 2.78. The first-order chi connectivity index (χ1) is 32.3. The molecule has 0 bridgehead atoms. The van der Waals surface area contributed by atoms with Gasteiger partial charge in [-0.25, -0.2) is 9.59 Å². The predicted molar refractivity (Wildman–Crippen MR) is 251 cm³/mol. The van der Waals surface area contributed by atoms with Crippen molar-refractivity contribution in [2.24, 2.45) is 23.7 Å². The minimum atomic E-state index is -1.95. The van der Waals surface area contributed by atoms with Gasteiger partial charge < -0.3 is 56.9 Å². The highest BCUT2D eigenvalue weighted by Gasteiger charge is 2.37. The Labute approximate surface area is 402 Å². The van der Waals surface area contributed by atoms with Crippen molar-refractivity contribution in [2.75, 3.05) is 14.2 Å².